The Morgan fingerprint density at radius 3 is 1.33 bits per heavy atom. The van der Waals surface area contributed by atoms with Gasteiger partial charge in [0.1, 0.15) is 22.7 Å². The van der Waals surface area contributed by atoms with Crippen LogP contribution >= 0.6 is 0 Å². The molecule has 5 aromatic carbocycles. The molecule has 0 aromatic heterocycles. The lowest BCUT2D eigenvalue weighted by atomic mass is 9.85. The van der Waals surface area contributed by atoms with Gasteiger partial charge < -0.3 is 24.8 Å². The second kappa shape index (κ2) is 20.8. The van der Waals surface area contributed by atoms with E-state index in [1.807, 2.05) is 76.5 Å². The molecule has 0 fully saturated rings. The van der Waals surface area contributed by atoms with Crippen LogP contribution in [0.1, 0.15) is 86.9 Å². The van der Waals surface area contributed by atoms with Gasteiger partial charge in [-0.2, -0.15) is 0 Å². The van der Waals surface area contributed by atoms with Gasteiger partial charge in [-0.05, 0) is 105 Å². The van der Waals surface area contributed by atoms with Crippen LogP contribution < -0.4 is 0 Å². The second-order valence-electron chi connectivity index (χ2n) is 17.1. The number of phenols is 2. The molecule has 61 heavy (non-hydrogen) atoms. The van der Waals surface area contributed by atoms with Gasteiger partial charge in [0.25, 0.3) is 0 Å². The van der Waals surface area contributed by atoms with E-state index in [1.165, 1.54) is 6.07 Å². The molecule has 0 amide bonds. The van der Waals surface area contributed by atoms with Crippen molar-refractivity contribution in [2.24, 2.45) is 0 Å². The number of esters is 2. The number of rotatable bonds is 18. The van der Waals surface area contributed by atoms with E-state index in [0.717, 1.165) is 39.0 Å². The van der Waals surface area contributed by atoms with Crippen LogP contribution in [0.3, 0.4) is 0 Å². The van der Waals surface area contributed by atoms with Gasteiger partial charge in [-0.1, -0.05) is 109 Å². The van der Waals surface area contributed by atoms with E-state index in [2.05, 4.69) is 36.4 Å². The number of ether oxygens (including phenoxy) is 2. The predicted octanol–water partition coefficient (Wildman–Crippen LogP) is 9.11. The minimum atomic E-state index is -0.928. The van der Waals surface area contributed by atoms with Crippen LogP contribution in [0.2, 0.25) is 0 Å². The number of hydrogen-bond acceptors (Lipinski definition) is 9. The number of aromatic hydroxyl groups is 2. The average Bonchev–Trinajstić information content (AvgIpc) is 3.19. The largest absolute Gasteiger partial charge is 0.508 e. The molecular formula is C51H58N2O8. The SMILES string of the molecule is CC(C)(C)OC(=O)CN(CCN(CC(=O)OC(C)(C)C)Cc1cc(C(=C(c2ccccc2)c2ccccc2)c2ccccc2)ccc1O)Cc1cc(CCC(=O)O)ccc1O. The fraction of sp³-hybridized carbons (Fsp3) is 0.314. The number of aryl methyl sites for hydroxylation is 1. The van der Waals surface area contributed by atoms with Crippen LogP contribution in [0, 0.1) is 0 Å². The molecule has 0 bridgehead atoms. The lowest BCUT2D eigenvalue weighted by Gasteiger charge is -2.29. The van der Waals surface area contributed by atoms with Crippen LogP contribution in [0.5, 0.6) is 11.5 Å². The summed E-state index contributed by atoms with van der Waals surface area (Å²) < 4.78 is 11.4. The number of carboxylic acid groups (broad SMARTS) is 1. The number of carbonyl (C=O) groups is 3. The highest BCUT2D eigenvalue weighted by Gasteiger charge is 2.25. The summed E-state index contributed by atoms with van der Waals surface area (Å²) in [7, 11) is 0. The highest BCUT2D eigenvalue weighted by atomic mass is 16.6. The molecule has 0 aliphatic heterocycles. The zero-order valence-corrected chi connectivity index (χ0v) is 36.1. The van der Waals surface area contributed by atoms with Crippen LogP contribution in [-0.2, 0) is 43.4 Å². The monoisotopic (exact) mass is 826 g/mol. The molecule has 3 N–H and O–H groups in total. The van der Waals surface area contributed by atoms with Gasteiger partial charge in [0, 0.05) is 43.7 Å². The zero-order valence-electron chi connectivity index (χ0n) is 36.1. The zero-order chi connectivity index (χ0) is 44.2. The second-order valence-corrected chi connectivity index (χ2v) is 17.1. The van der Waals surface area contributed by atoms with Gasteiger partial charge in [0.05, 0.1) is 13.1 Å². The Kier molecular flexibility index (Phi) is 15.7. The first-order valence-corrected chi connectivity index (χ1v) is 20.6. The normalized spacial score (nSPS) is 11.7. The summed E-state index contributed by atoms with van der Waals surface area (Å²) in [6, 6.07) is 41.0. The summed E-state index contributed by atoms with van der Waals surface area (Å²) in [5.41, 5.74) is 6.24. The van der Waals surface area contributed by atoms with Crippen LogP contribution in [0.25, 0.3) is 11.1 Å². The van der Waals surface area contributed by atoms with Gasteiger partial charge in [-0.15, -0.1) is 0 Å². The molecule has 0 unspecified atom stereocenters. The summed E-state index contributed by atoms with van der Waals surface area (Å²) in [6.45, 7) is 11.3. The van der Waals surface area contributed by atoms with Crippen LogP contribution in [0.4, 0.5) is 0 Å². The van der Waals surface area contributed by atoms with E-state index in [-0.39, 0.29) is 63.6 Å². The molecule has 320 valence electrons. The predicted molar refractivity (Wildman–Crippen MR) is 239 cm³/mol. The van der Waals surface area contributed by atoms with Crippen molar-refractivity contribution in [3.05, 3.63) is 166 Å². The van der Waals surface area contributed by atoms with Crippen LogP contribution in [0.15, 0.2) is 127 Å². The highest BCUT2D eigenvalue weighted by molar-refractivity contribution is 6.04. The number of hydrogen-bond donors (Lipinski definition) is 3. The Morgan fingerprint density at radius 2 is 0.918 bits per heavy atom. The van der Waals surface area contributed by atoms with Gasteiger partial charge in [0.15, 0.2) is 0 Å². The molecular weight excluding hydrogens is 769 g/mol. The smallest absolute Gasteiger partial charge is 0.320 e. The third-order valence-corrected chi connectivity index (χ3v) is 9.64. The summed E-state index contributed by atoms with van der Waals surface area (Å²) in [4.78, 5) is 41.7. The lowest BCUT2D eigenvalue weighted by molar-refractivity contribution is -0.158. The fourth-order valence-electron chi connectivity index (χ4n) is 7.07. The molecule has 0 radical (unpaired) electrons. The van der Waals surface area contributed by atoms with E-state index in [9.17, 15) is 29.7 Å². The van der Waals surface area contributed by atoms with Gasteiger partial charge in [0.2, 0.25) is 0 Å². The Hall–Kier alpha value is -6.23. The summed E-state index contributed by atoms with van der Waals surface area (Å²) in [5.74, 6) is -1.78. The highest BCUT2D eigenvalue weighted by Crippen LogP contribution is 2.38. The Labute approximate surface area is 359 Å². The summed E-state index contributed by atoms with van der Waals surface area (Å²) in [6.07, 6.45) is 0.211. The number of benzene rings is 5. The molecule has 5 aromatic rings. The average molecular weight is 827 g/mol. The van der Waals surface area contributed by atoms with E-state index in [1.54, 1.807) is 59.7 Å². The Morgan fingerprint density at radius 1 is 0.525 bits per heavy atom. The molecule has 0 saturated heterocycles. The fourth-order valence-corrected chi connectivity index (χ4v) is 7.07. The lowest BCUT2D eigenvalue weighted by Crippen LogP contribution is -2.41. The van der Waals surface area contributed by atoms with E-state index >= 15 is 0 Å². The molecule has 10 nitrogen and oxygen atoms in total. The molecule has 0 aliphatic carbocycles. The number of carbonyl (C=O) groups excluding carboxylic acids is 2. The Balaban J connectivity index is 1.54. The molecule has 0 heterocycles. The number of aliphatic carboxylic acids is 1. The topological polar surface area (TPSA) is 137 Å². The number of carboxylic acids is 1. The minimum absolute atomic E-state index is 0.00765. The summed E-state index contributed by atoms with van der Waals surface area (Å²) in [5, 5.41) is 31.6. The molecule has 10 heteroatoms. The van der Waals surface area contributed by atoms with Crippen LogP contribution in [-0.4, -0.2) is 80.4 Å². The standard InChI is InChI=1S/C51H58N2O8/c1-50(2,3)60-46(58)34-52(32-41-30-36(22-25-43(41)54)23-27-45(56)57)28-29-53(35-47(59)61-51(4,5)6)33-42-31-40(24-26-44(42)55)49(39-20-14-9-15-21-39)48(37-16-10-7-11-17-37)38-18-12-8-13-19-38/h7-22,24-26,30-31,54-55H,23,27-29,32-35H2,1-6H3,(H,56,57). The van der Waals surface area contributed by atoms with Crippen molar-refractivity contribution in [2.45, 2.75) is 78.7 Å². The first kappa shape index (κ1) is 45.8. The first-order chi connectivity index (χ1) is 28.9. The molecule has 0 atom stereocenters. The molecule has 5 rings (SSSR count). The van der Waals surface area contributed by atoms with Crippen molar-refractivity contribution in [3.8, 4) is 11.5 Å². The van der Waals surface area contributed by atoms with Crippen molar-refractivity contribution in [1.82, 2.24) is 9.80 Å². The maximum atomic E-state index is 13.5. The van der Waals surface area contributed by atoms with E-state index in [0.29, 0.717) is 11.1 Å². The van der Waals surface area contributed by atoms with Gasteiger partial charge in [-0.3, -0.25) is 24.2 Å². The van der Waals surface area contributed by atoms with Crippen molar-refractivity contribution < 1.29 is 39.2 Å². The van der Waals surface area contributed by atoms with E-state index < -0.39 is 29.1 Å². The number of nitrogens with zero attached hydrogens (tertiary/aromatic N) is 2. The molecule has 0 spiro atoms. The van der Waals surface area contributed by atoms with E-state index in [4.69, 9.17) is 9.47 Å². The maximum Gasteiger partial charge on any atom is 0.320 e. The molecule has 0 saturated carbocycles. The Bertz CT molecular complexity index is 2240. The van der Waals surface area contributed by atoms with Crippen molar-refractivity contribution >= 4 is 29.1 Å². The third-order valence-electron chi connectivity index (χ3n) is 9.64. The molecule has 0 aliphatic rings. The quantitative estimate of drug-likeness (QED) is 0.0580. The third kappa shape index (κ3) is 14.5. The maximum absolute atomic E-state index is 13.5. The number of phenolic OH excluding ortho intramolecular Hbond substituents is 2. The first-order valence-electron chi connectivity index (χ1n) is 20.6. The van der Waals surface area contributed by atoms with Gasteiger partial charge >= 0.3 is 17.9 Å². The van der Waals surface area contributed by atoms with Crippen molar-refractivity contribution in [3.63, 3.8) is 0 Å². The minimum Gasteiger partial charge on any atom is -0.508 e. The van der Waals surface area contributed by atoms with Crippen molar-refractivity contribution in [1.29, 1.82) is 0 Å². The van der Waals surface area contributed by atoms with Gasteiger partial charge in [-0.25, -0.2) is 0 Å². The summed E-state index contributed by atoms with van der Waals surface area (Å²) >= 11 is 0. The van der Waals surface area contributed by atoms with Crippen molar-refractivity contribution in [2.75, 3.05) is 26.2 Å².